The van der Waals surface area contributed by atoms with E-state index in [2.05, 4.69) is 5.10 Å². The number of sulfone groups is 1. The Bertz CT molecular complexity index is 551. The molecule has 90 valence electrons. The van der Waals surface area contributed by atoms with E-state index in [0.717, 1.165) is 0 Å². The minimum atomic E-state index is -3.01. The third kappa shape index (κ3) is 2.07. The number of hydrogen-bond acceptors (Lipinski definition) is 3. The molecule has 0 bridgehead atoms. The summed E-state index contributed by atoms with van der Waals surface area (Å²) in [4.78, 5) is 11.9. The summed E-state index contributed by atoms with van der Waals surface area (Å²) < 4.78 is 24.4. The SMILES string of the molecule is CC(C)Cn1[nH]c2c(c1=O)CCS(=O)(=O)C2. The quantitative estimate of drug-likeness (QED) is 0.813. The molecular formula is C10H16N2O3S. The van der Waals surface area contributed by atoms with Gasteiger partial charge in [0.15, 0.2) is 9.84 Å². The highest BCUT2D eigenvalue weighted by atomic mass is 32.2. The molecule has 16 heavy (non-hydrogen) atoms. The molecule has 1 N–H and O–H groups in total. The van der Waals surface area contributed by atoms with Crippen LogP contribution in [0.15, 0.2) is 4.79 Å². The van der Waals surface area contributed by atoms with Crippen molar-refractivity contribution in [3.05, 3.63) is 21.6 Å². The van der Waals surface area contributed by atoms with Crippen molar-refractivity contribution in [1.82, 2.24) is 9.78 Å². The highest BCUT2D eigenvalue weighted by Gasteiger charge is 2.26. The van der Waals surface area contributed by atoms with Gasteiger partial charge in [-0.1, -0.05) is 13.8 Å². The van der Waals surface area contributed by atoms with Crippen molar-refractivity contribution in [3.63, 3.8) is 0 Å². The van der Waals surface area contributed by atoms with Crippen LogP contribution in [-0.2, 0) is 28.6 Å². The average Bonchev–Trinajstić information content (AvgIpc) is 2.40. The molecule has 0 saturated heterocycles. The van der Waals surface area contributed by atoms with Crippen molar-refractivity contribution >= 4 is 9.84 Å². The molecule has 0 spiro atoms. The van der Waals surface area contributed by atoms with Crippen molar-refractivity contribution in [2.75, 3.05) is 5.75 Å². The van der Waals surface area contributed by atoms with E-state index in [-0.39, 0.29) is 17.1 Å². The average molecular weight is 244 g/mol. The van der Waals surface area contributed by atoms with Crippen LogP contribution in [0.3, 0.4) is 0 Å². The maximum atomic E-state index is 11.9. The lowest BCUT2D eigenvalue weighted by molar-refractivity contribution is 0.470. The van der Waals surface area contributed by atoms with Gasteiger partial charge in [0.25, 0.3) is 5.56 Å². The summed E-state index contributed by atoms with van der Waals surface area (Å²) in [7, 11) is -3.01. The third-order valence-corrected chi connectivity index (χ3v) is 4.27. The van der Waals surface area contributed by atoms with E-state index >= 15 is 0 Å². The third-order valence-electron chi connectivity index (χ3n) is 2.71. The number of rotatable bonds is 2. The first-order valence-corrected chi connectivity index (χ1v) is 7.22. The number of hydrogen-bond donors (Lipinski definition) is 1. The maximum absolute atomic E-state index is 11.9. The Kier molecular flexibility index (Phi) is 2.69. The Balaban J connectivity index is 2.41. The van der Waals surface area contributed by atoms with Crippen LogP contribution in [-0.4, -0.2) is 24.0 Å². The fourth-order valence-corrected chi connectivity index (χ4v) is 3.33. The van der Waals surface area contributed by atoms with E-state index in [1.54, 1.807) is 0 Å². The molecule has 0 amide bonds. The minimum absolute atomic E-state index is 0.0251. The zero-order valence-electron chi connectivity index (χ0n) is 9.49. The van der Waals surface area contributed by atoms with Crippen molar-refractivity contribution < 1.29 is 8.42 Å². The predicted octanol–water partition coefficient (Wildman–Crippen LogP) is 0.303. The fraction of sp³-hybridized carbons (Fsp3) is 0.700. The lowest BCUT2D eigenvalue weighted by Crippen LogP contribution is -2.24. The van der Waals surface area contributed by atoms with Crippen molar-refractivity contribution in [2.45, 2.75) is 32.6 Å². The van der Waals surface area contributed by atoms with Crippen molar-refractivity contribution in [1.29, 1.82) is 0 Å². The minimum Gasteiger partial charge on any atom is -0.298 e. The van der Waals surface area contributed by atoms with Crippen LogP contribution in [0, 0.1) is 5.92 Å². The van der Waals surface area contributed by atoms with E-state index in [1.807, 2.05) is 13.8 Å². The highest BCUT2D eigenvalue weighted by Crippen LogP contribution is 2.16. The second kappa shape index (κ2) is 3.76. The number of aromatic amines is 1. The summed E-state index contributed by atoms with van der Waals surface area (Å²) in [6.45, 7) is 4.64. The van der Waals surface area contributed by atoms with E-state index in [4.69, 9.17) is 0 Å². The molecule has 0 aliphatic carbocycles. The molecule has 2 rings (SSSR count). The Hall–Kier alpha value is -1.04. The zero-order chi connectivity index (χ0) is 11.9. The summed E-state index contributed by atoms with van der Waals surface area (Å²) in [6, 6.07) is 0. The highest BCUT2D eigenvalue weighted by molar-refractivity contribution is 7.90. The van der Waals surface area contributed by atoms with Gasteiger partial charge in [-0.15, -0.1) is 0 Å². The smallest absolute Gasteiger partial charge is 0.270 e. The number of aromatic nitrogens is 2. The van der Waals surface area contributed by atoms with Gasteiger partial charge >= 0.3 is 0 Å². The van der Waals surface area contributed by atoms with E-state index in [1.165, 1.54) is 4.68 Å². The summed E-state index contributed by atoms with van der Waals surface area (Å²) in [5.74, 6) is 0.423. The van der Waals surface area contributed by atoms with Crippen LogP contribution in [0.5, 0.6) is 0 Å². The molecule has 1 aromatic rings. The molecule has 0 fully saturated rings. The predicted molar refractivity (Wildman–Crippen MR) is 61.1 cm³/mol. The van der Waals surface area contributed by atoms with E-state index < -0.39 is 9.84 Å². The molecule has 1 aliphatic rings. The Morgan fingerprint density at radius 3 is 2.75 bits per heavy atom. The molecule has 2 heterocycles. The molecular weight excluding hydrogens is 228 g/mol. The van der Waals surface area contributed by atoms with Crippen molar-refractivity contribution in [3.8, 4) is 0 Å². The van der Waals surface area contributed by atoms with Crippen LogP contribution in [0.4, 0.5) is 0 Å². The van der Waals surface area contributed by atoms with Crippen LogP contribution in [0.25, 0.3) is 0 Å². The Morgan fingerprint density at radius 2 is 2.12 bits per heavy atom. The maximum Gasteiger partial charge on any atom is 0.270 e. The number of nitrogens with zero attached hydrogens (tertiary/aromatic N) is 1. The summed E-state index contributed by atoms with van der Waals surface area (Å²) in [6.07, 6.45) is 0.345. The molecule has 0 radical (unpaired) electrons. The van der Waals surface area contributed by atoms with Crippen LogP contribution < -0.4 is 5.56 Å². The molecule has 1 aliphatic heterocycles. The van der Waals surface area contributed by atoms with Gasteiger partial charge in [0.2, 0.25) is 0 Å². The monoisotopic (exact) mass is 244 g/mol. The summed E-state index contributed by atoms with van der Waals surface area (Å²) >= 11 is 0. The van der Waals surface area contributed by atoms with Crippen LogP contribution >= 0.6 is 0 Å². The summed E-state index contributed by atoms with van der Waals surface area (Å²) in [5, 5.41) is 2.91. The van der Waals surface area contributed by atoms with Gasteiger partial charge in [0.1, 0.15) is 0 Å². The summed E-state index contributed by atoms with van der Waals surface area (Å²) in [5.41, 5.74) is 1.17. The van der Waals surface area contributed by atoms with Crippen LogP contribution in [0.1, 0.15) is 25.1 Å². The molecule has 6 heteroatoms. The largest absolute Gasteiger partial charge is 0.298 e. The molecule has 5 nitrogen and oxygen atoms in total. The van der Waals surface area contributed by atoms with Gasteiger partial charge in [0.05, 0.1) is 17.2 Å². The number of nitrogens with one attached hydrogen (secondary N) is 1. The van der Waals surface area contributed by atoms with Crippen LogP contribution in [0.2, 0.25) is 0 Å². The lowest BCUT2D eigenvalue weighted by atomic mass is 10.2. The lowest BCUT2D eigenvalue weighted by Gasteiger charge is -2.09. The standard InChI is InChI=1S/C10H16N2O3S/c1-7(2)5-12-10(13)8-3-4-16(14,15)6-9(8)11-12/h7,11H,3-6H2,1-2H3. The first-order chi connectivity index (χ1) is 7.39. The first kappa shape index (κ1) is 11.4. The molecule has 0 unspecified atom stereocenters. The molecule has 0 atom stereocenters. The fourth-order valence-electron chi connectivity index (χ4n) is 1.99. The van der Waals surface area contributed by atoms with Gasteiger partial charge in [-0.3, -0.25) is 14.6 Å². The van der Waals surface area contributed by atoms with E-state index in [0.29, 0.717) is 30.1 Å². The topological polar surface area (TPSA) is 71.9 Å². The van der Waals surface area contributed by atoms with Gasteiger partial charge in [-0.25, -0.2) is 8.42 Å². The first-order valence-electron chi connectivity index (χ1n) is 5.40. The second-order valence-corrected chi connectivity index (χ2v) is 6.90. The van der Waals surface area contributed by atoms with Gasteiger partial charge in [-0.05, 0) is 12.3 Å². The molecule has 1 aromatic heterocycles. The number of fused-ring (bicyclic) bond motifs is 1. The zero-order valence-corrected chi connectivity index (χ0v) is 10.3. The van der Waals surface area contributed by atoms with E-state index in [9.17, 15) is 13.2 Å². The normalized spacial score (nSPS) is 18.7. The molecule has 0 aromatic carbocycles. The number of H-pyrrole nitrogens is 1. The van der Waals surface area contributed by atoms with Gasteiger partial charge < -0.3 is 0 Å². The van der Waals surface area contributed by atoms with Gasteiger partial charge in [0, 0.05) is 12.1 Å². The van der Waals surface area contributed by atoms with Gasteiger partial charge in [-0.2, -0.15) is 0 Å². The molecule has 0 saturated carbocycles. The second-order valence-electron chi connectivity index (χ2n) is 4.72. The Morgan fingerprint density at radius 1 is 1.44 bits per heavy atom. The Labute approximate surface area is 94.4 Å². The van der Waals surface area contributed by atoms with Crippen molar-refractivity contribution in [2.24, 2.45) is 5.92 Å².